The molecule has 3 aliphatic rings. The molecule has 34 heavy (non-hydrogen) atoms. The van der Waals surface area contributed by atoms with Crippen LogP contribution in [0.4, 0.5) is 5.69 Å². The third kappa shape index (κ3) is 3.94. The summed E-state index contributed by atoms with van der Waals surface area (Å²) < 4.78 is 44.7. The average Bonchev–Trinajstić information content (AvgIpc) is 3.48. The number of rotatable bonds is 5. The molecule has 0 spiro atoms. The first-order valence-corrected chi connectivity index (χ1v) is 12.5. The molecule has 2 aromatic carbocycles. The van der Waals surface area contributed by atoms with E-state index in [4.69, 9.17) is 14.2 Å². The van der Waals surface area contributed by atoms with Crippen molar-refractivity contribution in [1.82, 2.24) is 9.62 Å². The van der Waals surface area contributed by atoms with Gasteiger partial charge in [-0.25, -0.2) is 8.42 Å². The van der Waals surface area contributed by atoms with Crippen molar-refractivity contribution in [2.45, 2.75) is 50.3 Å². The highest BCUT2D eigenvalue weighted by atomic mass is 32.2. The van der Waals surface area contributed by atoms with Crippen LogP contribution in [0.3, 0.4) is 0 Å². The molecule has 0 aromatic heterocycles. The summed E-state index contributed by atoms with van der Waals surface area (Å²) in [5, 5.41) is 5.57. The molecule has 2 atom stereocenters. The quantitative estimate of drug-likeness (QED) is 0.660. The number of benzene rings is 2. The SMILES string of the molecule is Cc1cc2c(cc1S(=O)(=O)N1CCC[C@H]1C(=O)NCc1ccc3c(c1)OCO3)O[C@@H](C)C(=O)N2. The highest BCUT2D eigenvalue weighted by Crippen LogP contribution is 2.37. The van der Waals surface area contributed by atoms with Gasteiger partial charge in [0.1, 0.15) is 11.8 Å². The van der Waals surface area contributed by atoms with E-state index in [9.17, 15) is 18.0 Å². The Balaban J connectivity index is 1.34. The lowest BCUT2D eigenvalue weighted by Gasteiger charge is -2.27. The van der Waals surface area contributed by atoms with Gasteiger partial charge >= 0.3 is 0 Å². The van der Waals surface area contributed by atoms with Crippen LogP contribution >= 0.6 is 0 Å². The predicted octanol–water partition coefficient (Wildman–Crippen LogP) is 1.91. The Kier molecular flexibility index (Phi) is 5.61. The van der Waals surface area contributed by atoms with Gasteiger partial charge in [0.2, 0.25) is 22.7 Å². The van der Waals surface area contributed by atoms with E-state index < -0.39 is 22.2 Å². The van der Waals surface area contributed by atoms with Gasteiger partial charge in [-0.2, -0.15) is 4.31 Å². The van der Waals surface area contributed by atoms with Gasteiger partial charge in [0, 0.05) is 19.2 Å². The Morgan fingerprint density at radius 1 is 1.18 bits per heavy atom. The Morgan fingerprint density at radius 3 is 2.79 bits per heavy atom. The molecule has 2 aromatic rings. The van der Waals surface area contributed by atoms with E-state index in [-0.39, 0.29) is 36.6 Å². The number of nitrogens with one attached hydrogen (secondary N) is 2. The number of ether oxygens (including phenoxy) is 3. The van der Waals surface area contributed by atoms with Gasteiger partial charge in [0.25, 0.3) is 5.91 Å². The second kappa shape index (κ2) is 8.48. The summed E-state index contributed by atoms with van der Waals surface area (Å²) in [6, 6.07) is 7.59. The molecule has 1 saturated heterocycles. The molecular weight excluding hydrogens is 462 g/mol. The Hall–Kier alpha value is -3.31. The molecule has 0 radical (unpaired) electrons. The number of anilines is 1. The third-order valence-electron chi connectivity index (χ3n) is 6.20. The van der Waals surface area contributed by atoms with Crippen molar-refractivity contribution >= 4 is 27.5 Å². The molecule has 180 valence electrons. The van der Waals surface area contributed by atoms with Crippen molar-refractivity contribution in [1.29, 1.82) is 0 Å². The van der Waals surface area contributed by atoms with Crippen molar-refractivity contribution in [3.05, 3.63) is 41.5 Å². The lowest BCUT2D eigenvalue weighted by atomic mass is 10.1. The van der Waals surface area contributed by atoms with E-state index in [2.05, 4.69) is 10.6 Å². The Labute approximate surface area is 197 Å². The number of carbonyl (C=O) groups is 2. The molecule has 5 rings (SSSR count). The number of carbonyl (C=O) groups excluding carboxylic acids is 2. The molecule has 10 nitrogen and oxygen atoms in total. The van der Waals surface area contributed by atoms with Gasteiger partial charge in [0.15, 0.2) is 17.6 Å². The van der Waals surface area contributed by atoms with E-state index in [1.165, 1.54) is 10.4 Å². The monoisotopic (exact) mass is 487 g/mol. The topological polar surface area (TPSA) is 123 Å². The third-order valence-corrected chi connectivity index (χ3v) is 8.25. The second-order valence-electron chi connectivity index (χ2n) is 8.54. The lowest BCUT2D eigenvalue weighted by molar-refractivity contribution is -0.124. The maximum atomic E-state index is 13.6. The maximum absolute atomic E-state index is 13.6. The van der Waals surface area contributed by atoms with Crippen molar-refractivity contribution in [3.63, 3.8) is 0 Å². The van der Waals surface area contributed by atoms with E-state index in [1.54, 1.807) is 32.0 Å². The minimum atomic E-state index is -3.98. The van der Waals surface area contributed by atoms with E-state index >= 15 is 0 Å². The molecular formula is C23H25N3O7S. The van der Waals surface area contributed by atoms with Gasteiger partial charge in [0.05, 0.1) is 10.6 Å². The number of aryl methyl sites for hydroxylation is 1. The summed E-state index contributed by atoms with van der Waals surface area (Å²) in [5.74, 6) is 0.918. The molecule has 0 aliphatic carbocycles. The van der Waals surface area contributed by atoms with Gasteiger partial charge in [-0.1, -0.05) is 6.07 Å². The molecule has 0 bridgehead atoms. The van der Waals surface area contributed by atoms with Crippen LogP contribution in [0.15, 0.2) is 35.2 Å². The summed E-state index contributed by atoms with van der Waals surface area (Å²) >= 11 is 0. The largest absolute Gasteiger partial charge is 0.479 e. The van der Waals surface area contributed by atoms with Crippen LogP contribution in [-0.4, -0.2) is 50.0 Å². The number of amides is 2. The van der Waals surface area contributed by atoms with Gasteiger partial charge in [-0.3, -0.25) is 9.59 Å². The fraction of sp³-hybridized carbons (Fsp3) is 0.391. The highest BCUT2D eigenvalue weighted by molar-refractivity contribution is 7.89. The first-order chi connectivity index (χ1) is 16.2. The highest BCUT2D eigenvalue weighted by Gasteiger charge is 2.40. The van der Waals surface area contributed by atoms with Gasteiger partial charge < -0.3 is 24.8 Å². The smallest absolute Gasteiger partial charge is 0.265 e. The number of hydrogen-bond acceptors (Lipinski definition) is 7. The normalized spacial score (nSPS) is 21.5. The summed E-state index contributed by atoms with van der Waals surface area (Å²) in [5.41, 5.74) is 1.71. The second-order valence-corrected chi connectivity index (χ2v) is 10.4. The number of hydrogen-bond donors (Lipinski definition) is 2. The molecule has 11 heteroatoms. The Morgan fingerprint density at radius 2 is 1.97 bits per heavy atom. The lowest BCUT2D eigenvalue weighted by Crippen LogP contribution is -2.45. The zero-order valence-electron chi connectivity index (χ0n) is 18.8. The molecule has 3 aliphatic heterocycles. The van der Waals surface area contributed by atoms with Crippen molar-refractivity contribution in [3.8, 4) is 17.2 Å². The molecule has 1 fully saturated rings. The van der Waals surface area contributed by atoms with E-state index in [0.717, 1.165) is 5.56 Å². The zero-order valence-corrected chi connectivity index (χ0v) is 19.6. The predicted molar refractivity (Wildman–Crippen MR) is 121 cm³/mol. The number of sulfonamides is 1. The minimum Gasteiger partial charge on any atom is -0.479 e. The molecule has 3 heterocycles. The zero-order chi connectivity index (χ0) is 24.0. The average molecular weight is 488 g/mol. The fourth-order valence-electron chi connectivity index (χ4n) is 4.39. The van der Waals surface area contributed by atoms with Crippen molar-refractivity contribution in [2.24, 2.45) is 0 Å². The molecule has 0 saturated carbocycles. The van der Waals surface area contributed by atoms with Crippen molar-refractivity contribution in [2.75, 3.05) is 18.7 Å². The van der Waals surface area contributed by atoms with Crippen LogP contribution in [0.1, 0.15) is 30.9 Å². The molecule has 2 amide bonds. The Bertz CT molecular complexity index is 1280. The summed E-state index contributed by atoms with van der Waals surface area (Å²) in [6.45, 7) is 3.89. The summed E-state index contributed by atoms with van der Waals surface area (Å²) in [7, 11) is -3.98. The van der Waals surface area contributed by atoms with Crippen LogP contribution in [0.2, 0.25) is 0 Å². The van der Waals surface area contributed by atoms with E-state index in [0.29, 0.717) is 41.3 Å². The first kappa shape index (κ1) is 22.5. The molecule has 0 unspecified atom stereocenters. The van der Waals surface area contributed by atoms with Crippen LogP contribution in [0.25, 0.3) is 0 Å². The summed E-state index contributed by atoms with van der Waals surface area (Å²) in [6.07, 6.45) is 0.279. The maximum Gasteiger partial charge on any atom is 0.265 e. The van der Waals surface area contributed by atoms with E-state index in [1.807, 2.05) is 6.07 Å². The number of fused-ring (bicyclic) bond motifs is 2. The van der Waals surface area contributed by atoms with Crippen LogP contribution < -0.4 is 24.8 Å². The summed E-state index contributed by atoms with van der Waals surface area (Å²) in [4.78, 5) is 24.9. The fourth-order valence-corrected chi connectivity index (χ4v) is 6.27. The molecule has 2 N–H and O–H groups in total. The van der Waals surface area contributed by atoms with Crippen LogP contribution in [-0.2, 0) is 26.2 Å². The minimum absolute atomic E-state index is 0.0602. The number of nitrogens with zero attached hydrogens (tertiary/aromatic N) is 1. The van der Waals surface area contributed by atoms with Gasteiger partial charge in [-0.05, 0) is 56.0 Å². The first-order valence-electron chi connectivity index (χ1n) is 11.0. The van der Waals surface area contributed by atoms with Crippen LogP contribution in [0, 0.1) is 6.92 Å². The standard InChI is InChI=1S/C23H25N3O7S/c1-13-8-16-19(33-14(2)22(27)25-16)10-21(13)34(29,30)26-7-3-4-17(26)23(28)24-11-15-5-6-18-20(9-15)32-12-31-18/h5-6,8-10,14,17H,3-4,7,11-12H2,1-2H3,(H,24,28)(H,25,27)/t14-,17-/m0/s1. The van der Waals surface area contributed by atoms with Crippen LogP contribution in [0.5, 0.6) is 17.2 Å². The van der Waals surface area contributed by atoms with Crippen molar-refractivity contribution < 1.29 is 32.2 Å². The van der Waals surface area contributed by atoms with Gasteiger partial charge in [-0.15, -0.1) is 0 Å².